The molecule has 0 saturated carbocycles. The normalized spacial score (nSPS) is 12.2. The van der Waals surface area contributed by atoms with Crippen molar-refractivity contribution in [2.75, 3.05) is 0 Å². The van der Waals surface area contributed by atoms with Gasteiger partial charge in [-0.2, -0.15) is 0 Å². The second-order valence-corrected chi connectivity index (χ2v) is 4.79. The Morgan fingerprint density at radius 2 is 2.06 bits per heavy atom. The standard InChI is InChI=1S/C17H22O/c1-3-5-6-8-14(7-4-2)15-9-10-17-16(13-15)11-12-18-17/h8-13H,3-7H2,1-2H3/b14-8-. The Bertz CT molecular complexity index is 519. The van der Waals surface area contributed by atoms with Crippen LogP contribution in [0.4, 0.5) is 0 Å². The molecule has 1 aromatic heterocycles. The summed E-state index contributed by atoms with van der Waals surface area (Å²) in [5, 5.41) is 1.20. The Kier molecular flexibility index (Phi) is 4.63. The lowest BCUT2D eigenvalue weighted by atomic mass is 9.98. The van der Waals surface area contributed by atoms with Crippen LogP contribution in [0.5, 0.6) is 0 Å². The van der Waals surface area contributed by atoms with E-state index in [0.717, 1.165) is 12.0 Å². The SMILES string of the molecule is CCCC/C=C(/CCC)c1ccc2occc2c1. The molecule has 0 atom stereocenters. The first-order chi connectivity index (χ1) is 8.85. The number of benzene rings is 1. The molecule has 0 spiro atoms. The van der Waals surface area contributed by atoms with E-state index >= 15 is 0 Å². The molecule has 1 aromatic carbocycles. The van der Waals surface area contributed by atoms with Crippen LogP contribution >= 0.6 is 0 Å². The van der Waals surface area contributed by atoms with Crippen LogP contribution in [0.2, 0.25) is 0 Å². The van der Waals surface area contributed by atoms with Crippen molar-refractivity contribution in [3.05, 3.63) is 42.2 Å². The number of furan rings is 1. The first-order valence-electron chi connectivity index (χ1n) is 7.01. The van der Waals surface area contributed by atoms with Gasteiger partial charge in [0.2, 0.25) is 0 Å². The average Bonchev–Trinajstić information content (AvgIpc) is 2.85. The summed E-state index contributed by atoms with van der Waals surface area (Å²) >= 11 is 0. The van der Waals surface area contributed by atoms with Gasteiger partial charge < -0.3 is 4.42 Å². The topological polar surface area (TPSA) is 13.1 Å². The molecule has 0 amide bonds. The zero-order chi connectivity index (χ0) is 12.8. The van der Waals surface area contributed by atoms with Gasteiger partial charge in [-0.3, -0.25) is 0 Å². The molecule has 0 unspecified atom stereocenters. The number of rotatable bonds is 6. The highest BCUT2D eigenvalue weighted by Crippen LogP contribution is 2.25. The van der Waals surface area contributed by atoms with E-state index in [1.165, 1.54) is 42.2 Å². The van der Waals surface area contributed by atoms with Crippen molar-refractivity contribution in [2.45, 2.75) is 46.0 Å². The van der Waals surface area contributed by atoms with Crippen LogP contribution in [0.3, 0.4) is 0 Å². The van der Waals surface area contributed by atoms with Crippen LogP contribution in [0.1, 0.15) is 51.5 Å². The number of fused-ring (bicyclic) bond motifs is 1. The van der Waals surface area contributed by atoms with Gasteiger partial charge in [0.25, 0.3) is 0 Å². The van der Waals surface area contributed by atoms with Gasteiger partial charge in [-0.1, -0.05) is 45.3 Å². The number of allylic oxidation sites excluding steroid dienone is 2. The fourth-order valence-electron chi connectivity index (χ4n) is 2.28. The average molecular weight is 242 g/mol. The number of unbranched alkanes of at least 4 members (excludes halogenated alkanes) is 2. The van der Waals surface area contributed by atoms with E-state index in [9.17, 15) is 0 Å². The maximum Gasteiger partial charge on any atom is 0.133 e. The second kappa shape index (κ2) is 6.44. The predicted octanol–water partition coefficient (Wildman–Crippen LogP) is 5.81. The van der Waals surface area contributed by atoms with Gasteiger partial charge in [0.1, 0.15) is 5.58 Å². The quantitative estimate of drug-likeness (QED) is 0.583. The summed E-state index contributed by atoms with van der Waals surface area (Å²) in [6, 6.07) is 8.54. The molecule has 0 aliphatic carbocycles. The molecule has 0 saturated heterocycles. The fraction of sp³-hybridized carbons (Fsp3) is 0.412. The first kappa shape index (κ1) is 12.9. The molecule has 0 fully saturated rings. The highest BCUT2D eigenvalue weighted by atomic mass is 16.3. The van der Waals surface area contributed by atoms with Gasteiger partial charge in [-0.25, -0.2) is 0 Å². The lowest BCUT2D eigenvalue weighted by molar-refractivity contribution is 0.616. The van der Waals surface area contributed by atoms with Crippen molar-refractivity contribution in [3.63, 3.8) is 0 Å². The molecule has 1 heteroatoms. The molecular formula is C17H22O. The minimum atomic E-state index is 0.975. The van der Waals surface area contributed by atoms with Gasteiger partial charge in [0.05, 0.1) is 6.26 Å². The van der Waals surface area contributed by atoms with Gasteiger partial charge >= 0.3 is 0 Å². The van der Waals surface area contributed by atoms with E-state index in [1.807, 2.05) is 6.07 Å². The van der Waals surface area contributed by atoms with Gasteiger partial charge in [-0.15, -0.1) is 0 Å². The van der Waals surface area contributed by atoms with Gasteiger partial charge in [0.15, 0.2) is 0 Å². The molecule has 0 aliphatic rings. The van der Waals surface area contributed by atoms with Crippen LogP contribution in [-0.2, 0) is 0 Å². The zero-order valence-electron chi connectivity index (χ0n) is 11.4. The maximum atomic E-state index is 5.39. The summed E-state index contributed by atoms with van der Waals surface area (Å²) in [5.74, 6) is 0. The van der Waals surface area contributed by atoms with Crippen molar-refractivity contribution >= 4 is 16.5 Å². The van der Waals surface area contributed by atoms with Crippen molar-refractivity contribution in [1.82, 2.24) is 0 Å². The molecular weight excluding hydrogens is 220 g/mol. The largest absolute Gasteiger partial charge is 0.464 e. The van der Waals surface area contributed by atoms with E-state index < -0.39 is 0 Å². The van der Waals surface area contributed by atoms with Crippen LogP contribution in [-0.4, -0.2) is 0 Å². The van der Waals surface area contributed by atoms with E-state index in [0.29, 0.717) is 0 Å². The molecule has 0 bridgehead atoms. The molecule has 96 valence electrons. The van der Waals surface area contributed by atoms with Crippen molar-refractivity contribution in [1.29, 1.82) is 0 Å². The Morgan fingerprint density at radius 1 is 1.17 bits per heavy atom. The third-order valence-corrected chi connectivity index (χ3v) is 3.29. The zero-order valence-corrected chi connectivity index (χ0v) is 11.4. The molecule has 0 N–H and O–H groups in total. The van der Waals surface area contributed by atoms with Crippen molar-refractivity contribution < 1.29 is 4.42 Å². The lowest BCUT2D eigenvalue weighted by Crippen LogP contribution is -1.85. The highest BCUT2D eigenvalue weighted by molar-refractivity contribution is 5.82. The Balaban J connectivity index is 2.25. The highest BCUT2D eigenvalue weighted by Gasteiger charge is 2.03. The summed E-state index contributed by atoms with van der Waals surface area (Å²) in [6.45, 7) is 4.48. The monoisotopic (exact) mass is 242 g/mol. The summed E-state index contributed by atoms with van der Waals surface area (Å²) in [7, 11) is 0. The second-order valence-electron chi connectivity index (χ2n) is 4.79. The van der Waals surface area contributed by atoms with E-state index in [2.05, 4.69) is 38.1 Å². The summed E-state index contributed by atoms with van der Waals surface area (Å²) in [6.07, 6.45) is 10.3. The summed E-state index contributed by atoms with van der Waals surface area (Å²) in [4.78, 5) is 0. The maximum absolute atomic E-state index is 5.39. The van der Waals surface area contributed by atoms with E-state index in [-0.39, 0.29) is 0 Å². The molecule has 2 aromatic rings. The molecule has 1 nitrogen and oxygen atoms in total. The molecule has 2 rings (SSSR count). The summed E-state index contributed by atoms with van der Waals surface area (Å²) in [5.41, 5.74) is 3.80. The first-order valence-corrected chi connectivity index (χ1v) is 7.01. The van der Waals surface area contributed by atoms with Crippen LogP contribution in [0.15, 0.2) is 41.0 Å². The molecule has 0 radical (unpaired) electrons. The Hall–Kier alpha value is -1.50. The lowest BCUT2D eigenvalue weighted by Gasteiger charge is -2.07. The van der Waals surface area contributed by atoms with E-state index in [4.69, 9.17) is 4.42 Å². The number of hydrogen-bond donors (Lipinski definition) is 0. The van der Waals surface area contributed by atoms with Crippen LogP contribution < -0.4 is 0 Å². The third kappa shape index (κ3) is 3.04. The van der Waals surface area contributed by atoms with Crippen molar-refractivity contribution in [2.24, 2.45) is 0 Å². The minimum Gasteiger partial charge on any atom is -0.464 e. The summed E-state index contributed by atoms with van der Waals surface area (Å²) < 4.78 is 5.39. The smallest absolute Gasteiger partial charge is 0.133 e. The Labute approximate surface area is 110 Å². The van der Waals surface area contributed by atoms with Crippen LogP contribution in [0.25, 0.3) is 16.5 Å². The Morgan fingerprint density at radius 3 is 2.83 bits per heavy atom. The molecule has 1 heterocycles. The predicted molar refractivity (Wildman–Crippen MR) is 78.6 cm³/mol. The van der Waals surface area contributed by atoms with Gasteiger partial charge in [-0.05, 0) is 42.2 Å². The fourth-order valence-corrected chi connectivity index (χ4v) is 2.28. The van der Waals surface area contributed by atoms with Crippen LogP contribution in [0, 0.1) is 0 Å². The van der Waals surface area contributed by atoms with E-state index in [1.54, 1.807) is 6.26 Å². The third-order valence-electron chi connectivity index (χ3n) is 3.29. The molecule has 18 heavy (non-hydrogen) atoms. The van der Waals surface area contributed by atoms with Crippen molar-refractivity contribution in [3.8, 4) is 0 Å². The molecule has 0 aliphatic heterocycles. The minimum absolute atomic E-state index is 0.975. The number of hydrogen-bond acceptors (Lipinski definition) is 1. The van der Waals surface area contributed by atoms with Gasteiger partial charge in [0, 0.05) is 5.39 Å².